The number of carboxylic acid groups (broad SMARTS) is 1. The Morgan fingerprint density at radius 3 is 2.85 bits per heavy atom. The lowest BCUT2D eigenvalue weighted by Gasteiger charge is -2.05. The molecule has 2 aromatic carbocycles. The molecule has 0 saturated heterocycles. The molecule has 7 heteroatoms. The van der Waals surface area contributed by atoms with E-state index in [0.717, 1.165) is 5.56 Å². The molecule has 0 spiro atoms. The minimum Gasteiger partial charge on any atom is -0.490 e. The van der Waals surface area contributed by atoms with E-state index in [9.17, 15) is 9.59 Å². The van der Waals surface area contributed by atoms with Crippen molar-refractivity contribution in [2.45, 2.75) is 0 Å². The van der Waals surface area contributed by atoms with Gasteiger partial charge in [0.2, 0.25) is 0 Å². The predicted octanol–water partition coefficient (Wildman–Crippen LogP) is 3.92. The quantitative estimate of drug-likeness (QED) is 0.630. The maximum Gasteiger partial charge on any atom is 0.335 e. The number of fused-ring (bicyclic) bond motifs is 1. The summed E-state index contributed by atoms with van der Waals surface area (Å²) in [7, 11) is 0. The molecule has 1 aromatic heterocycles. The summed E-state index contributed by atoms with van der Waals surface area (Å²) in [5.41, 5.74) is 0.645. The highest BCUT2D eigenvalue weighted by Gasteiger charge is 2.10. The van der Waals surface area contributed by atoms with Gasteiger partial charge in [-0.3, -0.25) is 4.79 Å². The molecule has 0 aliphatic heterocycles. The minimum atomic E-state index is -1.10. The van der Waals surface area contributed by atoms with E-state index in [1.807, 2.05) is 12.1 Å². The maximum absolute atomic E-state index is 12.3. The molecule has 136 valence electrons. The van der Waals surface area contributed by atoms with Gasteiger partial charge in [-0.25, -0.2) is 9.78 Å². The number of carboxylic acids is 1. The minimum absolute atomic E-state index is 0.0405. The Kier molecular flexibility index (Phi) is 5.38. The van der Waals surface area contributed by atoms with Crippen molar-refractivity contribution in [3.8, 4) is 5.75 Å². The summed E-state index contributed by atoms with van der Waals surface area (Å²) in [5.74, 6) is -0.299. The number of nitrogens with zero attached hydrogens (tertiary/aromatic N) is 1. The van der Waals surface area contributed by atoms with Crippen molar-refractivity contribution >= 4 is 39.6 Å². The van der Waals surface area contributed by atoms with Crippen molar-refractivity contribution < 1.29 is 14.6 Å². The van der Waals surface area contributed by atoms with Crippen LogP contribution in [0.15, 0.2) is 59.9 Å². The number of aromatic carboxylic acids is 1. The standard InChI is InChI=1S/C20H15ClN2O4/c1-2-8-27-14-5-3-4-12(9-14)10-16(21)18-22-17-11-13(20(25)26)6-7-15(17)19(24)23-18/h2-7,9-11H,1,8H2,(H,25,26)(H,22,23,24)/b16-10-. The molecule has 0 aliphatic rings. The number of aromatic nitrogens is 2. The molecule has 3 aromatic rings. The normalized spacial score (nSPS) is 11.4. The van der Waals surface area contributed by atoms with Gasteiger partial charge in [0.05, 0.1) is 21.5 Å². The van der Waals surface area contributed by atoms with Crippen LogP contribution in [0.25, 0.3) is 22.0 Å². The van der Waals surface area contributed by atoms with Crippen LogP contribution < -0.4 is 10.3 Å². The van der Waals surface area contributed by atoms with Crippen molar-refractivity contribution in [3.63, 3.8) is 0 Å². The molecule has 3 rings (SSSR count). The molecule has 0 atom stereocenters. The van der Waals surface area contributed by atoms with Gasteiger partial charge >= 0.3 is 5.97 Å². The summed E-state index contributed by atoms with van der Waals surface area (Å²) < 4.78 is 5.48. The van der Waals surface area contributed by atoms with E-state index < -0.39 is 11.5 Å². The molecule has 0 amide bonds. The third-order valence-corrected chi connectivity index (χ3v) is 3.99. The van der Waals surface area contributed by atoms with Crippen molar-refractivity contribution in [2.75, 3.05) is 6.61 Å². The molecule has 27 heavy (non-hydrogen) atoms. The average molecular weight is 383 g/mol. The van der Waals surface area contributed by atoms with E-state index >= 15 is 0 Å². The van der Waals surface area contributed by atoms with Gasteiger partial charge in [-0.1, -0.05) is 36.4 Å². The van der Waals surface area contributed by atoms with Crippen LogP contribution in [-0.2, 0) is 0 Å². The molecular weight excluding hydrogens is 368 g/mol. The lowest BCUT2D eigenvalue weighted by Crippen LogP contribution is -2.11. The first-order chi connectivity index (χ1) is 13.0. The highest BCUT2D eigenvalue weighted by Crippen LogP contribution is 2.22. The number of carbonyl (C=O) groups is 1. The molecule has 0 saturated carbocycles. The first kappa shape index (κ1) is 18.4. The van der Waals surface area contributed by atoms with E-state index in [4.69, 9.17) is 21.4 Å². The Bertz CT molecular complexity index is 1120. The van der Waals surface area contributed by atoms with Gasteiger partial charge in [0.15, 0.2) is 5.82 Å². The molecule has 0 radical (unpaired) electrons. The molecule has 0 fully saturated rings. The number of rotatable bonds is 6. The number of ether oxygens (including phenoxy) is 1. The molecule has 0 aliphatic carbocycles. The first-order valence-corrected chi connectivity index (χ1v) is 8.34. The van der Waals surface area contributed by atoms with E-state index in [1.165, 1.54) is 18.2 Å². The number of benzene rings is 2. The Labute approximate surface area is 159 Å². The summed E-state index contributed by atoms with van der Waals surface area (Å²) in [4.78, 5) is 30.3. The fourth-order valence-electron chi connectivity index (χ4n) is 2.45. The van der Waals surface area contributed by atoms with E-state index in [1.54, 1.807) is 24.3 Å². The number of halogens is 1. The van der Waals surface area contributed by atoms with Crippen molar-refractivity contribution in [3.05, 3.63) is 82.4 Å². The Balaban J connectivity index is 2.00. The Morgan fingerprint density at radius 1 is 1.30 bits per heavy atom. The zero-order valence-electron chi connectivity index (χ0n) is 14.1. The molecule has 0 unspecified atom stereocenters. The van der Waals surface area contributed by atoms with E-state index in [2.05, 4.69) is 16.5 Å². The largest absolute Gasteiger partial charge is 0.490 e. The molecule has 2 N–H and O–H groups in total. The molecule has 0 bridgehead atoms. The van der Waals surface area contributed by atoms with Crippen LogP contribution in [0.2, 0.25) is 0 Å². The van der Waals surface area contributed by atoms with Gasteiger partial charge in [0.25, 0.3) is 5.56 Å². The van der Waals surface area contributed by atoms with Gasteiger partial charge in [-0.2, -0.15) is 0 Å². The SMILES string of the molecule is C=CCOc1cccc(/C=C(\Cl)c2nc3cc(C(=O)O)ccc3c(=O)[nH]2)c1. The van der Waals surface area contributed by atoms with Crippen molar-refractivity contribution in [2.24, 2.45) is 0 Å². The number of nitrogens with one attached hydrogen (secondary N) is 1. The second kappa shape index (κ2) is 7.88. The summed E-state index contributed by atoms with van der Waals surface area (Å²) in [6.07, 6.45) is 3.28. The van der Waals surface area contributed by atoms with Crippen LogP contribution in [0.3, 0.4) is 0 Å². The van der Waals surface area contributed by atoms with Crippen LogP contribution in [-0.4, -0.2) is 27.7 Å². The zero-order chi connectivity index (χ0) is 19.4. The second-order valence-corrected chi connectivity index (χ2v) is 6.02. The van der Waals surface area contributed by atoms with Crippen LogP contribution in [0, 0.1) is 0 Å². The van der Waals surface area contributed by atoms with Crippen molar-refractivity contribution in [1.82, 2.24) is 9.97 Å². The first-order valence-electron chi connectivity index (χ1n) is 7.96. The van der Waals surface area contributed by atoms with Gasteiger partial charge < -0.3 is 14.8 Å². The number of aromatic amines is 1. The third kappa shape index (κ3) is 4.24. The fourth-order valence-corrected chi connectivity index (χ4v) is 2.67. The third-order valence-electron chi connectivity index (χ3n) is 3.70. The summed E-state index contributed by atoms with van der Waals surface area (Å²) >= 11 is 6.33. The number of H-pyrrole nitrogens is 1. The summed E-state index contributed by atoms with van der Waals surface area (Å²) in [6.45, 7) is 3.98. The monoisotopic (exact) mass is 382 g/mol. The Hall–Kier alpha value is -3.38. The van der Waals surface area contributed by atoms with Crippen LogP contribution in [0.5, 0.6) is 5.75 Å². The van der Waals surface area contributed by atoms with Crippen LogP contribution in [0.1, 0.15) is 21.7 Å². The lowest BCUT2D eigenvalue weighted by atomic mass is 10.1. The van der Waals surface area contributed by atoms with E-state index in [-0.39, 0.29) is 27.3 Å². The lowest BCUT2D eigenvalue weighted by molar-refractivity contribution is 0.0697. The zero-order valence-corrected chi connectivity index (χ0v) is 14.9. The number of hydrogen-bond donors (Lipinski definition) is 2. The molecule has 1 heterocycles. The van der Waals surface area contributed by atoms with Gasteiger partial charge in [0, 0.05) is 0 Å². The molecular formula is C20H15ClN2O4. The smallest absolute Gasteiger partial charge is 0.335 e. The predicted molar refractivity (Wildman–Crippen MR) is 105 cm³/mol. The van der Waals surface area contributed by atoms with Gasteiger partial charge in [-0.15, -0.1) is 0 Å². The highest BCUT2D eigenvalue weighted by molar-refractivity contribution is 6.50. The van der Waals surface area contributed by atoms with Crippen molar-refractivity contribution in [1.29, 1.82) is 0 Å². The maximum atomic E-state index is 12.3. The topological polar surface area (TPSA) is 92.3 Å². The fraction of sp³-hybridized carbons (Fsp3) is 0.0500. The van der Waals surface area contributed by atoms with Crippen LogP contribution in [0.4, 0.5) is 0 Å². The van der Waals surface area contributed by atoms with Gasteiger partial charge in [-0.05, 0) is 42.0 Å². The average Bonchev–Trinajstić information content (AvgIpc) is 2.66. The highest BCUT2D eigenvalue weighted by atomic mass is 35.5. The summed E-state index contributed by atoms with van der Waals surface area (Å²) in [5, 5.41) is 9.59. The Morgan fingerprint density at radius 2 is 2.11 bits per heavy atom. The van der Waals surface area contributed by atoms with Crippen LogP contribution >= 0.6 is 11.6 Å². The number of hydrogen-bond acceptors (Lipinski definition) is 4. The molecule has 6 nitrogen and oxygen atoms in total. The van der Waals surface area contributed by atoms with Gasteiger partial charge in [0.1, 0.15) is 12.4 Å². The summed E-state index contributed by atoms with van der Waals surface area (Å²) in [6, 6.07) is 11.3. The van der Waals surface area contributed by atoms with E-state index in [0.29, 0.717) is 12.4 Å². The second-order valence-electron chi connectivity index (χ2n) is 5.62.